The number of rotatable bonds is 5. The quantitative estimate of drug-likeness (QED) is 0.778. The molecule has 0 aliphatic carbocycles. The zero-order valence-corrected chi connectivity index (χ0v) is 12.9. The summed E-state index contributed by atoms with van der Waals surface area (Å²) in [5.74, 6) is 0.552. The fourth-order valence-electron chi connectivity index (χ4n) is 2.65. The van der Waals surface area contributed by atoms with Gasteiger partial charge in [-0.05, 0) is 36.3 Å². The summed E-state index contributed by atoms with van der Waals surface area (Å²) < 4.78 is 0. The summed E-state index contributed by atoms with van der Waals surface area (Å²) in [6.45, 7) is 9.01. The van der Waals surface area contributed by atoms with E-state index in [-0.39, 0.29) is 6.04 Å². The van der Waals surface area contributed by atoms with Crippen molar-refractivity contribution in [1.29, 1.82) is 5.26 Å². The molecule has 104 valence electrons. The molecule has 19 heavy (non-hydrogen) atoms. The van der Waals surface area contributed by atoms with Crippen molar-refractivity contribution in [1.82, 2.24) is 0 Å². The Morgan fingerprint density at radius 1 is 1.21 bits per heavy atom. The molecule has 2 nitrogen and oxygen atoms in total. The molecule has 0 saturated carbocycles. The van der Waals surface area contributed by atoms with Crippen molar-refractivity contribution in [3.8, 4) is 6.07 Å². The van der Waals surface area contributed by atoms with Crippen molar-refractivity contribution in [2.24, 2.45) is 11.3 Å². The molecule has 2 heteroatoms. The minimum Gasteiger partial charge on any atom is -0.359 e. The maximum atomic E-state index is 9.41. The van der Waals surface area contributed by atoms with Gasteiger partial charge in [-0.1, -0.05) is 45.9 Å². The molecule has 0 N–H and O–H groups in total. The van der Waals surface area contributed by atoms with Gasteiger partial charge in [0.05, 0.1) is 6.07 Å². The van der Waals surface area contributed by atoms with E-state index in [0.29, 0.717) is 11.3 Å². The van der Waals surface area contributed by atoms with Crippen molar-refractivity contribution in [3.63, 3.8) is 0 Å². The Kier molecular flexibility index (Phi) is 5.42. The van der Waals surface area contributed by atoms with E-state index in [2.05, 4.69) is 50.8 Å². The SMILES string of the molecule is CC(CC(C#N)N(C)c1ccccc1)CC(C)(C)C. The van der Waals surface area contributed by atoms with E-state index in [9.17, 15) is 5.26 Å². The van der Waals surface area contributed by atoms with Crippen LogP contribution in [-0.4, -0.2) is 13.1 Å². The first-order chi connectivity index (χ1) is 8.83. The number of para-hydroxylation sites is 1. The first-order valence-corrected chi connectivity index (χ1v) is 7.01. The highest BCUT2D eigenvalue weighted by molar-refractivity contribution is 5.47. The van der Waals surface area contributed by atoms with Crippen LogP contribution in [0, 0.1) is 22.7 Å². The lowest BCUT2D eigenvalue weighted by Crippen LogP contribution is -2.32. The monoisotopic (exact) mass is 258 g/mol. The fraction of sp³-hybridized carbons (Fsp3) is 0.588. The van der Waals surface area contributed by atoms with Gasteiger partial charge in [-0.3, -0.25) is 0 Å². The Morgan fingerprint density at radius 2 is 1.79 bits per heavy atom. The molecule has 0 aliphatic rings. The van der Waals surface area contributed by atoms with Crippen molar-refractivity contribution in [3.05, 3.63) is 30.3 Å². The summed E-state index contributed by atoms with van der Waals surface area (Å²) in [5, 5.41) is 9.41. The molecule has 0 fully saturated rings. The number of nitriles is 1. The molecule has 2 atom stereocenters. The van der Waals surface area contributed by atoms with Crippen molar-refractivity contribution >= 4 is 5.69 Å². The van der Waals surface area contributed by atoms with Crippen LogP contribution in [-0.2, 0) is 0 Å². The van der Waals surface area contributed by atoms with E-state index in [1.165, 1.54) is 0 Å². The van der Waals surface area contributed by atoms with Crippen LogP contribution in [0.3, 0.4) is 0 Å². The molecule has 0 spiro atoms. The predicted octanol–water partition coefficient (Wildman–Crippen LogP) is 4.48. The van der Waals surface area contributed by atoms with Gasteiger partial charge in [0.25, 0.3) is 0 Å². The molecule has 0 saturated heterocycles. The van der Waals surface area contributed by atoms with Crippen LogP contribution in [0.15, 0.2) is 30.3 Å². The van der Waals surface area contributed by atoms with Crippen LogP contribution >= 0.6 is 0 Å². The summed E-state index contributed by atoms with van der Waals surface area (Å²) in [5.41, 5.74) is 1.43. The molecule has 0 bridgehead atoms. The van der Waals surface area contributed by atoms with Crippen molar-refractivity contribution < 1.29 is 0 Å². The molecule has 1 aromatic rings. The summed E-state index contributed by atoms with van der Waals surface area (Å²) in [7, 11) is 2.01. The maximum absolute atomic E-state index is 9.41. The zero-order chi connectivity index (χ0) is 14.5. The third-order valence-corrected chi connectivity index (χ3v) is 3.37. The largest absolute Gasteiger partial charge is 0.359 e. The van der Waals surface area contributed by atoms with Gasteiger partial charge in [-0.15, -0.1) is 0 Å². The molecule has 1 rings (SSSR count). The van der Waals surface area contributed by atoms with Gasteiger partial charge in [0, 0.05) is 12.7 Å². The van der Waals surface area contributed by atoms with Crippen LogP contribution in [0.25, 0.3) is 0 Å². The Bertz CT molecular complexity index is 411. The molecule has 1 aromatic carbocycles. The fourth-order valence-corrected chi connectivity index (χ4v) is 2.65. The number of hydrogen-bond acceptors (Lipinski definition) is 2. The van der Waals surface area contributed by atoms with Gasteiger partial charge in [0.15, 0.2) is 0 Å². The summed E-state index contributed by atoms with van der Waals surface area (Å²) in [6, 6.07) is 12.5. The van der Waals surface area contributed by atoms with Crippen molar-refractivity contribution in [2.45, 2.75) is 46.6 Å². The highest BCUT2D eigenvalue weighted by Crippen LogP contribution is 2.28. The second kappa shape index (κ2) is 6.61. The minimum atomic E-state index is -0.0558. The van der Waals surface area contributed by atoms with Crippen LogP contribution in [0.4, 0.5) is 5.69 Å². The first-order valence-electron chi connectivity index (χ1n) is 7.01. The third-order valence-electron chi connectivity index (χ3n) is 3.37. The molecule has 2 unspecified atom stereocenters. The van der Waals surface area contributed by atoms with Gasteiger partial charge < -0.3 is 4.90 Å². The summed E-state index contributed by atoms with van der Waals surface area (Å²) in [4.78, 5) is 2.08. The first kappa shape index (κ1) is 15.6. The van der Waals surface area contributed by atoms with E-state index >= 15 is 0 Å². The minimum absolute atomic E-state index is 0.0558. The van der Waals surface area contributed by atoms with E-state index in [1.807, 2.05) is 25.2 Å². The lowest BCUT2D eigenvalue weighted by atomic mass is 9.83. The zero-order valence-electron chi connectivity index (χ0n) is 12.9. The molecular weight excluding hydrogens is 232 g/mol. The molecule has 0 heterocycles. The molecule has 0 aliphatic heterocycles. The molecular formula is C17H26N2. The van der Waals surface area contributed by atoms with E-state index in [4.69, 9.17) is 0 Å². The highest BCUT2D eigenvalue weighted by Gasteiger charge is 2.21. The van der Waals surface area contributed by atoms with E-state index in [1.54, 1.807) is 0 Å². The van der Waals surface area contributed by atoms with Gasteiger partial charge in [-0.25, -0.2) is 0 Å². The molecule has 0 amide bonds. The average Bonchev–Trinajstić information content (AvgIpc) is 2.34. The van der Waals surface area contributed by atoms with Crippen LogP contribution in [0.2, 0.25) is 0 Å². The summed E-state index contributed by atoms with van der Waals surface area (Å²) >= 11 is 0. The average molecular weight is 258 g/mol. The Balaban J connectivity index is 2.67. The van der Waals surface area contributed by atoms with Gasteiger partial charge >= 0.3 is 0 Å². The normalized spacial score (nSPS) is 14.5. The lowest BCUT2D eigenvalue weighted by molar-refractivity contribution is 0.292. The second-order valence-electron chi connectivity index (χ2n) is 6.70. The Labute approximate surface area is 118 Å². The van der Waals surface area contributed by atoms with E-state index < -0.39 is 0 Å². The van der Waals surface area contributed by atoms with Gasteiger partial charge in [-0.2, -0.15) is 5.26 Å². The maximum Gasteiger partial charge on any atom is 0.116 e. The van der Waals surface area contributed by atoms with E-state index in [0.717, 1.165) is 18.5 Å². The standard InChI is InChI=1S/C17H26N2/c1-14(12-17(2,3)4)11-16(13-18)19(5)15-9-7-6-8-10-15/h6-10,14,16H,11-12H2,1-5H3. The smallest absolute Gasteiger partial charge is 0.116 e. The third kappa shape index (κ3) is 5.34. The highest BCUT2D eigenvalue weighted by atomic mass is 15.1. The second-order valence-corrected chi connectivity index (χ2v) is 6.70. The van der Waals surface area contributed by atoms with Crippen LogP contribution < -0.4 is 4.90 Å². The molecule has 0 radical (unpaired) electrons. The number of nitrogens with zero attached hydrogens (tertiary/aromatic N) is 2. The topological polar surface area (TPSA) is 27.0 Å². The van der Waals surface area contributed by atoms with Gasteiger partial charge in [0.1, 0.15) is 6.04 Å². The number of anilines is 1. The van der Waals surface area contributed by atoms with Crippen molar-refractivity contribution in [2.75, 3.05) is 11.9 Å². The van der Waals surface area contributed by atoms with Crippen LogP contribution in [0.5, 0.6) is 0 Å². The predicted molar refractivity (Wildman–Crippen MR) is 82.1 cm³/mol. The lowest BCUT2D eigenvalue weighted by Gasteiger charge is -2.29. The van der Waals surface area contributed by atoms with Gasteiger partial charge in [0.2, 0.25) is 0 Å². The number of hydrogen-bond donors (Lipinski definition) is 0. The molecule has 0 aromatic heterocycles. The Hall–Kier alpha value is -1.49. The number of benzene rings is 1. The van der Waals surface area contributed by atoms with Crippen LogP contribution in [0.1, 0.15) is 40.5 Å². The summed E-state index contributed by atoms with van der Waals surface area (Å²) in [6.07, 6.45) is 2.06. The Morgan fingerprint density at radius 3 is 2.26 bits per heavy atom.